The van der Waals surface area contributed by atoms with Gasteiger partial charge in [0.15, 0.2) is 0 Å². The van der Waals surface area contributed by atoms with Gasteiger partial charge in [0.25, 0.3) is 0 Å². The molecule has 1 aromatic heterocycles. The van der Waals surface area contributed by atoms with Gasteiger partial charge in [-0.1, -0.05) is 18.6 Å². The van der Waals surface area contributed by atoms with Crippen LogP contribution in [0.5, 0.6) is 0 Å². The molecule has 17 heavy (non-hydrogen) atoms. The molecule has 0 aliphatic rings. The van der Waals surface area contributed by atoms with E-state index in [-0.39, 0.29) is 6.04 Å². The smallest absolute Gasteiger partial charge is 0.312 e. The van der Waals surface area contributed by atoms with Crippen molar-refractivity contribution >= 4 is 17.0 Å². The van der Waals surface area contributed by atoms with Crippen molar-refractivity contribution in [3.63, 3.8) is 0 Å². The van der Waals surface area contributed by atoms with Crippen LogP contribution in [0.3, 0.4) is 0 Å². The molecule has 1 aromatic carbocycles. The number of urea groups is 1. The summed E-state index contributed by atoms with van der Waals surface area (Å²) < 4.78 is 5.71. The molecule has 2 amide bonds. The lowest BCUT2D eigenvalue weighted by Crippen LogP contribution is -2.32. The summed E-state index contributed by atoms with van der Waals surface area (Å²) in [4.78, 5) is 10.9. The summed E-state index contributed by atoms with van der Waals surface area (Å²) in [6, 6.07) is 7.24. The summed E-state index contributed by atoms with van der Waals surface area (Å²) in [6.45, 7) is 4.00. The summed E-state index contributed by atoms with van der Waals surface area (Å²) in [7, 11) is 0. The molecule has 0 saturated carbocycles. The number of hydrogen-bond donors (Lipinski definition) is 2. The van der Waals surface area contributed by atoms with Gasteiger partial charge >= 0.3 is 6.03 Å². The lowest BCUT2D eigenvalue weighted by molar-refractivity contribution is 0.243. The van der Waals surface area contributed by atoms with Crippen molar-refractivity contribution in [1.82, 2.24) is 5.32 Å². The van der Waals surface area contributed by atoms with Gasteiger partial charge in [0.1, 0.15) is 11.3 Å². The van der Waals surface area contributed by atoms with E-state index in [1.54, 1.807) is 0 Å². The van der Waals surface area contributed by atoms with Gasteiger partial charge < -0.3 is 15.5 Å². The molecular weight excluding hydrogens is 216 g/mol. The third-order valence-electron chi connectivity index (χ3n) is 2.76. The fraction of sp³-hybridized carbons (Fsp3) is 0.308. The standard InChI is InChI=1S/C13H16N2O2/c1-3-10(15-13(14)16)12-7-9-6-8(2)4-5-11(9)17-12/h4-7,10H,3H2,1-2H3,(H3,14,15,16). The van der Waals surface area contributed by atoms with E-state index in [0.717, 1.165) is 23.2 Å². The molecule has 90 valence electrons. The molecule has 2 aromatic rings. The van der Waals surface area contributed by atoms with Crippen molar-refractivity contribution in [2.45, 2.75) is 26.3 Å². The van der Waals surface area contributed by atoms with Crippen molar-refractivity contribution in [3.8, 4) is 0 Å². The number of nitrogens with one attached hydrogen (secondary N) is 1. The van der Waals surface area contributed by atoms with Gasteiger partial charge in [0, 0.05) is 5.39 Å². The number of aryl methyl sites for hydroxylation is 1. The maximum Gasteiger partial charge on any atom is 0.312 e. The van der Waals surface area contributed by atoms with Gasteiger partial charge in [-0.3, -0.25) is 0 Å². The highest BCUT2D eigenvalue weighted by Crippen LogP contribution is 2.26. The molecule has 0 aliphatic heterocycles. The second-order valence-electron chi connectivity index (χ2n) is 4.16. The Labute approximate surface area is 99.8 Å². The predicted molar refractivity (Wildman–Crippen MR) is 66.7 cm³/mol. The SMILES string of the molecule is CCC(NC(N)=O)c1cc2cc(C)ccc2o1. The first-order valence-corrected chi connectivity index (χ1v) is 5.66. The van der Waals surface area contributed by atoms with Crippen LogP contribution in [0.4, 0.5) is 4.79 Å². The Morgan fingerprint density at radius 1 is 1.47 bits per heavy atom. The number of rotatable bonds is 3. The fourth-order valence-corrected chi connectivity index (χ4v) is 1.90. The number of primary amides is 1. The minimum Gasteiger partial charge on any atom is -0.459 e. The topological polar surface area (TPSA) is 68.3 Å². The van der Waals surface area contributed by atoms with Crippen LogP contribution in [0.1, 0.15) is 30.7 Å². The Hall–Kier alpha value is -1.97. The van der Waals surface area contributed by atoms with Crippen LogP contribution in [0.15, 0.2) is 28.7 Å². The second kappa shape index (κ2) is 4.49. The minimum absolute atomic E-state index is 0.166. The number of benzene rings is 1. The van der Waals surface area contributed by atoms with Crippen LogP contribution in [0.25, 0.3) is 11.0 Å². The van der Waals surface area contributed by atoms with Crippen LogP contribution in [0.2, 0.25) is 0 Å². The Bertz CT molecular complexity index is 545. The third kappa shape index (κ3) is 2.41. The largest absolute Gasteiger partial charge is 0.459 e. The minimum atomic E-state index is -0.534. The van der Waals surface area contributed by atoms with Crippen molar-refractivity contribution < 1.29 is 9.21 Å². The zero-order valence-electron chi connectivity index (χ0n) is 9.99. The van der Waals surface area contributed by atoms with Gasteiger partial charge in [-0.05, 0) is 31.5 Å². The number of hydrogen-bond acceptors (Lipinski definition) is 2. The van der Waals surface area contributed by atoms with E-state index in [2.05, 4.69) is 11.4 Å². The van der Waals surface area contributed by atoms with Crippen molar-refractivity contribution in [3.05, 3.63) is 35.6 Å². The summed E-state index contributed by atoms with van der Waals surface area (Å²) >= 11 is 0. The Morgan fingerprint density at radius 2 is 2.24 bits per heavy atom. The maximum absolute atomic E-state index is 10.9. The number of furan rings is 1. The molecule has 1 unspecified atom stereocenters. The molecule has 4 heteroatoms. The Kier molecular flexibility index (Phi) is 3.04. The number of nitrogens with two attached hydrogens (primary N) is 1. The average Bonchev–Trinajstić information content (AvgIpc) is 2.68. The Balaban J connectivity index is 2.37. The molecule has 0 fully saturated rings. The average molecular weight is 232 g/mol. The second-order valence-corrected chi connectivity index (χ2v) is 4.16. The molecule has 1 heterocycles. The quantitative estimate of drug-likeness (QED) is 0.854. The van der Waals surface area contributed by atoms with E-state index < -0.39 is 6.03 Å². The highest BCUT2D eigenvalue weighted by atomic mass is 16.3. The highest BCUT2D eigenvalue weighted by molar-refractivity contribution is 5.79. The first kappa shape index (κ1) is 11.5. The summed E-state index contributed by atoms with van der Waals surface area (Å²) in [6.07, 6.45) is 0.738. The predicted octanol–water partition coefficient (Wildman–Crippen LogP) is 2.86. The lowest BCUT2D eigenvalue weighted by Gasteiger charge is -2.11. The van der Waals surface area contributed by atoms with Crippen molar-refractivity contribution in [2.75, 3.05) is 0 Å². The highest BCUT2D eigenvalue weighted by Gasteiger charge is 2.15. The molecule has 0 radical (unpaired) electrons. The van der Waals surface area contributed by atoms with Crippen LogP contribution < -0.4 is 11.1 Å². The van der Waals surface area contributed by atoms with Crippen LogP contribution in [0, 0.1) is 6.92 Å². The summed E-state index contributed by atoms with van der Waals surface area (Å²) in [5.74, 6) is 0.743. The van der Waals surface area contributed by atoms with Gasteiger partial charge in [0.2, 0.25) is 0 Å². The molecule has 4 nitrogen and oxygen atoms in total. The number of amides is 2. The molecule has 0 saturated heterocycles. The molecule has 3 N–H and O–H groups in total. The summed E-state index contributed by atoms with van der Waals surface area (Å²) in [5, 5.41) is 3.71. The van der Waals surface area contributed by atoms with E-state index in [0.29, 0.717) is 0 Å². The van der Waals surface area contributed by atoms with Gasteiger partial charge in [-0.25, -0.2) is 4.79 Å². The van der Waals surface area contributed by atoms with Crippen molar-refractivity contribution in [2.24, 2.45) is 5.73 Å². The number of fused-ring (bicyclic) bond motifs is 1. The Morgan fingerprint density at radius 3 is 2.88 bits per heavy atom. The zero-order valence-corrected chi connectivity index (χ0v) is 9.99. The van der Waals surface area contributed by atoms with E-state index in [1.807, 2.05) is 32.0 Å². The molecule has 0 aliphatic carbocycles. The molecule has 1 atom stereocenters. The molecule has 2 rings (SSSR count). The van der Waals surface area contributed by atoms with Gasteiger partial charge in [-0.2, -0.15) is 0 Å². The first-order valence-electron chi connectivity index (χ1n) is 5.66. The lowest BCUT2D eigenvalue weighted by atomic mass is 10.1. The fourth-order valence-electron chi connectivity index (χ4n) is 1.90. The maximum atomic E-state index is 10.9. The first-order chi connectivity index (χ1) is 8.10. The monoisotopic (exact) mass is 232 g/mol. The van der Waals surface area contributed by atoms with Crippen molar-refractivity contribution in [1.29, 1.82) is 0 Å². The van der Waals surface area contributed by atoms with Crippen LogP contribution in [-0.4, -0.2) is 6.03 Å². The van der Waals surface area contributed by atoms with E-state index in [1.165, 1.54) is 5.56 Å². The normalized spacial score (nSPS) is 12.6. The third-order valence-corrected chi connectivity index (χ3v) is 2.76. The van der Waals surface area contributed by atoms with Crippen LogP contribution in [-0.2, 0) is 0 Å². The number of carbonyl (C=O) groups excluding carboxylic acids is 1. The zero-order chi connectivity index (χ0) is 12.4. The van der Waals surface area contributed by atoms with E-state index >= 15 is 0 Å². The molecule has 0 spiro atoms. The summed E-state index contributed by atoms with van der Waals surface area (Å²) in [5.41, 5.74) is 7.14. The van der Waals surface area contributed by atoms with Gasteiger partial charge in [-0.15, -0.1) is 0 Å². The van der Waals surface area contributed by atoms with Crippen LogP contribution >= 0.6 is 0 Å². The van der Waals surface area contributed by atoms with E-state index in [9.17, 15) is 4.79 Å². The van der Waals surface area contributed by atoms with E-state index in [4.69, 9.17) is 10.2 Å². The van der Waals surface area contributed by atoms with Gasteiger partial charge in [0.05, 0.1) is 6.04 Å². The molecule has 0 bridgehead atoms. The number of carbonyl (C=O) groups is 1. The molecular formula is C13H16N2O2.